The lowest BCUT2D eigenvalue weighted by Crippen LogP contribution is -2.21. The van der Waals surface area contributed by atoms with E-state index in [1.165, 1.54) is 0 Å². The molecule has 0 atom stereocenters. The maximum absolute atomic E-state index is 12.4. The molecule has 1 aromatic heterocycles. The molecule has 44 heavy (non-hydrogen) atoms. The lowest BCUT2D eigenvalue weighted by Gasteiger charge is -2.14. The summed E-state index contributed by atoms with van der Waals surface area (Å²) in [5.41, 5.74) is 3.62. The molecule has 18 heteroatoms. The number of aromatic amines is 1. The lowest BCUT2D eigenvalue weighted by atomic mass is 10.1. The van der Waals surface area contributed by atoms with Crippen LogP contribution in [0.4, 0.5) is 36.8 Å². The Hall–Kier alpha value is -4.45. The Kier molecular flexibility index (Phi) is 15.0. The van der Waals surface area contributed by atoms with Gasteiger partial charge in [-0.25, -0.2) is 14.4 Å². The Morgan fingerprint density at radius 2 is 1.59 bits per heavy atom. The number of rotatable bonds is 9. The van der Waals surface area contributed by atoms with Gasteiger partial charge in [-0.2, -0.15) is 31.4 Å². The fraction of sp³-hybridized carbons (Fsp3) is 0.308. The number of nitrogens with zero attached hydrogens (tertiary/aromatic N) is 2. The molecular formula is C26H28F6N4O7S. The number of anilines is 1. The highest BCUT2D eigenvalue weighted by atomic mass is 32.2. The molecule has 0 bridgehead atoms. The topological polar surface area (TPSA) is 154 Å². The second kappa shape index (κ2) is 17.6. The van der Waals surface area contributed by atoms with Gasteiger partial charge < -0.3 is 24.6 Å². The maximum Gasteiger partial charge on any atom is 0.490 e. The standard InChI is InChI=1S/C22H26N4O3S.2C2HF3O2/c1-26(2)9-10-30-21-12-17(18-13-23-24-14-18)7-8-20(21)25-22(27)29-15-16-5-4-6-19(11-16)28-3;2*3-2(4,5)1(6)7/h4-8,11-14H,9-10,15H2,1-3H3,(H,23,24)(H,25,27);2*(H,6,7). The summed E-state index contributed by atoms with van der Waals surface area (Å²) in [5, 5.41) is 24.0. The molecule has 0 saturated heterocycles. The van der Waals surface area contributed by atoms with E-state index in [0.717, 1.165) is 45.3 Å². The molecule has 3 aromatic rings. The van der Waals surface area contributed by atoms with E-state index in [2.05, 4.69) is 26.5 Å². The number of alkyl halides is 6. The van der Waals surface area contributed by atoms with Gasteiger partial charge in [0.15, 0.2) is 0 Å². The van der Waals surface area contributed by atoms with Crippen LogP contribution >= 0.6 is 11.8 Å². The minimum atomic E-state index is -5.08. The SMILES string of the molecule is COc1cccc(COC(=O)Nc2ccc(-c3cn[nH]c3)cc2SCCN(C)C)c1.O=C(O)C(F)(F)F.O=C(O)C(F)(F)F. The summed E-state index contributed by atoms with van der Waals surface area (Å²) in [6.07, 6.45) is -7.04. The van der Waals surface area contributed by atoms with E-state index in [1.54, 1.807) is 25.1 Å². The number of amides is 1. The molecular weight excluding hydrogens is 626 g/mol. The van der Waals surface area contributed by atoms with Crippen LogP contribution in [-0.2, 0) is 20.9 Å². The highest BCUT2D eigenvalue weighted by molar-refractivity contribution is 7.99. The molecule has 0 radical (unpaired) electrons. The van der Waals surface area contributed by atoms with Gasteiger partial charge in [-0.05, 0) is 49.5 Å². The summed E-state index contributed by atoms with van der Waals surface area (Å²) in [6, 6.07) is 13.4. The summed E-state index contributed by atoms with van der Waals surface area (Å²) in [5.74, 6) is -3.89. The number of nitrogens with one attached hydrogen (secondary N) is 2. The van der Waals surface area contributed by atoms with Crippen molar-refractivity contribution >= 4 is 35.5 Å². The van der Waals surface area contributed by atoms with Gasteiger partial charge in [-0.1, -0.05) is 18.2 Å². The smallest absolute Gasteiger partial charge is 0.490 e. The Labute approximate surface area is 251 Å². The van der Waals surface area contributed by atoms with Gasteiger partial charge in [0.1, 0.15) is 12.4 Å². The van der Waals surface area contributed by atoms with E-state index in [4.69, 9.17) is 29.3 Å². The van der Waals surface area contributed by atoms with Crippen molar-refractivity contribution < 1.29 is 60.4 Å². The third kappa shape index (κ3) is 14.6. The van der Waals surface area contributed by atoms with Gasteiger partial charge in [-0.15, -0.1) is 11.8 Å². The predicted molar refractivity (Wildman–Crippen MR) is 147 cm³/mol. The van der Waals surface area contributed by atoms with Gasteiger partial charge in [0.05, 0.1) is 19.0 Å². The number of aromatic nitrogens is 2. The zero-order valence-corrected chi connectivity index (χ0v) is 24.1. The number of hydrogen-bond acceptors (Lipinski definition) is 8. The molecule has 0 unspecified atom stereocenters. The number of ether oxygens (including phenoxy) is 2. The van der Waals surface area contributed by atoms with Crippen LogP contribution in [0.1, 0.15) is 5.56 Å². The molecule has 0 aliphatic carbocycles. The highest BCUT2D eigenvalue weighted by Crippen LogP contribution is 2.32. The minimum Gasteiger partial charge on any atom is -0.497 e. The Morgan fingerprint density at radius 3 is 2.09 bits per heavy atom. The summed E-state index contributed by atoms with van der Waals surface area (Å²) in [6.45, 7) is 1.10. The van der Waals surface area contributed by atoms with E-state index in [-0.39, 0.29) is 6.61 Å². The molecule has 0 aliphatic heterocycles. The van der Waals surface area contributed by atoms with Crippen LogP contribution in [-0.4, -0.2) is 89.2 Å². The van der Waals surface area contributed by atoms with Crippen molar-refractivity contribution in [2.75, 3.05) is 38.8 Å². The molecule has 0 saturated carbocycles. The number of thioether (sulfide) groups is 1. The van der Waals surface area contributed by atoms with Crippen molar-refractivity contribution in [3.05, 3.63) is 60.4 Å². The molecule has 0 fully saturated rings. The first kappa shape index (κ1) is 37.6. The van der Waals surface area contributed by atoms with E-state index in [1.807, 2.05) is 56.7 Å². The van der Waals surface area contributed by atoms with Crippen LogP contribution in [0, 0.1) is 0 Å². The third-order valence-corrected chi connectivity index (χ3v) is 5.87. The van der Waals surface area contributed by atoms with Crippen LogP contribution in [0.5, 0.6) is 5.75 Å². The first-order chi connectivity index (χ1) is 20.4. The second-order valence-electron chi connectivity index (χ2n) is 8.51. The fourth-order valence-corrected chi connectivity index (χ4v) is 3.89. The molecule has 0 aliphatic rings. The number of benzene rings is 2. The average molecular weight is 655 g/mol. The molecule has 3 rings (SSSR count). The Balaban J connectivity index is 0.000000574. The maximum atomic E-state index is 12.4. The Morgan fingerprint density at radius 1 is 0.977 bits per heavy atom. The average Bonchev–Trinajstić information content (AvgIpc) is 3.47. The largest absolute Gasteiger partial charge is 0.497 e. The molecule has 1 heterocycles. The van der Waals surface area contributed by atoms with Crippen LogP contribution in [0.25, 0.3) is 11.1 Å². The minimum absolute atomic E-state index is 0.166. The fourth-order valence-electron chi connectivity index (χ4n) is 2.73. The van der Waals surface area contributed by atoms with Crippen molar-refractivity contribution in [1.82, 2.24) is 15.1 Å². The Bertz CT molecular complexity index is 1330. The molecule has 4 N–H and O–H groups in total. The third-order valence-electron chi connectivity index (χ3n) is 4.84. The second-order valence-corrected chi connectivity index (χ2v) is 9.64. The van der Waals surface area contributed by atoms with Gasteiger partial charge in [0.2, 0.25) is 0 Å². The van der Waals surface area contributed by atoms with Gasteiger partial charge in [-0.3, -0.25) is 10.4 Å². The number of carboxylic acid groups (broad SMARTS) is 2. The van der Waals surface area contributed by atoms with Crippen molar-refractivity contribution in [2.24, 2.45) is 0 Å². The number of methoxy groups -OCH3 is 1. The highest BCUT2D eigenvalue weighted by Gasteiger charge is 2.38. The quantitative estimate of drug-likeness (QED) is 0.166. The first-order valence-electron chi connectivity index (χ1n) is 12.0. The van der Waals surface area contributed by atoms with Crippen molar-refractivity contribution in [1.29, 1.82) is 0 Å². The number of aliphatic carboxylic acids is 2. The van der Waals surface area contributed by atoms with Crippen LogP contribution in [0.3, 0.4) is 0 Å². The normalized spacial score (nSPS) is 11.0. The lowest BCUT2D eigenvalue weighted by molar-refractivity contribution is -0.193. The number of hydrogen-bond donors (Lipinski definition) is 4. The van der Waals surface area contributed by atoms with Gasteiger partial charge >= 0.3 is 30.4 Å². The van der Waals surface area contributed by atoms with E-state index < -0.39 is 30.4 Å². The number of carbonyl (C=O) groups is 3. The summed E-state index contributed by atoms with van der Waals surface area (Å²) in [7, 11) is 5.69. The summed E-state index contributed by atoms with van der Waals surface area (Å²) < 4.78 is 74.1. The van der Waals surface area contributed by atoms with E-state index in [0.29, 0.717) is 0 Å². The summed E-state index contributed by atoms with van der Waals surface area (Å²) in [4.78, 5) is 33.3. The van der Waals surface area contributed by atoms with Crippen molar-refractivity contribution in [3.8, 4) is 16.9 Å². The van der Waals surface area contributed by atoms with Crippen molar-refractivity contribution in [3.63, 3.8) is 0 Å². The number of carboxylic acids is 2. The molecule has 1 amide bonds. The van der Waals surface area contributed by atoms with Crippen LogP contribution in [0.15, 0.2) is 59.8 Å². The molecule has 0 spiro atoms. The van der Waals surface area contributed by atoms with E-state index >= 15 is 0 Å². The van der Waals surface area contributed by atoms with Gasteiger partial charge in [0.25, 0.3) is 0 Å². The number of halogens is 6. The number of carbonyl (C=O) groups excluding carboxylic acids is 1. The van der Waals surface area contributed by atoms with Crippen LogP contribution < -0.4 is 10.1 Å². The summed E-state index contributed by atoms with van der Waals surface area (Å²) >= 11 is 1.69. The molecule has 2 aromatic carbocycles. The zero-order chi connectivity index (χ0) is 33.5. The van der Waals surface area contributed by atoms with Crippen LogP contribution in [0.2, 0.25) is 0 Å². The first-order valence-corrected chi connectivity index (χ1v) is 13.0. The molecule has 242 valence electrons. The monoisotopic (exact) mass is 654 g/mol. The number of H-pyrrole nitrogens is 1. The van der Waals surface area contributed by atoms with Crippen molar-refractivity contribution in [2.45, 2.75) is 23.9 Å². The van der Waals surface area contributed by atoms with Gasteiger partial charge in [0, 0.05) is 29.0 Å². The molecule has 11 nitrogen and oxygen atoms in total. The van der Waals surface area contributed by atoms with E-state index in [9.17, 15) is 31.1 Å². The zero-order valence-electron chi connectivity index (χ0n) is 23.3. The predicted octanol–water partition coefficient (Wildman–Crippen LogP) is 5.75.